The zero-order chi connectivity index (χ0) is 18.6. The molecule has 0 bridgehead atoms. The van der Waals surface area contributed by atoms with Gasteiger partial charge >= 0.3 is 0 Å². The van der Waals surface area contributed by atoms with Crippen LogP contribution in [-0.2, 0) is 11.3 Å². The molecule has 2 N–H and O–H groups in total. The fraction of sp³-hybridized carbons (Fsp3) is 0.389. The Labute approximate surface area is 159 Å². The topological polar surface area (TPSA) is 104 Å². The first-order valence-corrected chi connectivity index (χ1v) is 10.0. The molecule has 1 saturated heterocycles. The molecule has 27 heavy (non-hydrogen) atoms. The molecule has 0 saturated carbocycles. The van der Waals surface area contributed by atoms with Crippen molar-refractivity contribution >= 4 is 28.2 Å². The van der Waals surface area contributed by atoms with Crippen LogP contribution in [0.15, 0.2) is 41.4 Å². The van der Waals surface area contributed by atoms with Gasteiger partial charge in [0.05, 0.1) is 5.69 Å². The van der Waals surface area contributed by atoms with Gasteiger partial charge in [0.25, 0.3) is 0 Å². The smallest absolute Gasteiger partial charge is 0.231 e. The predicted octanol–water partition coefficient (Wildman–Crippen LogP) is 2.62. The number of oxazole rings is 1. The lowest BCUT2D eigenvalue weighted by Crippen LogP contribution is -2.35. The molecule has 1 atom stereocenters. The second-order valence-electron chi connectivity index (χ2n) is 6.66. The highest BCUT2D eigenvalue weighted by Gasteiger charge is 2.20. The van der Waals surface area contributed by atoms with E-state index in [4.69, 9.17) is 8.97 Å². The number of hydrogen-bond donors (Lipinski definition) is 2. The second kappa shape index (κ2) is 8.12. The first kappa shape index (κ1) is 18.0. The Bertz CT molecular complexity index is 939. The van der Waals surface area contributed by atoms with Gasteiger partial charge in [0.1, 0.15) is 17.7 Å². The molecule has 0 spiro atoms. The van der Waals surface area contributed by atoms with E-state index in [-0.39, 0.29) is 0 Å². The largest absolute Gasteiger partial charge is 0.443 e. The summed E-state index contributed by atoms with van der Waals surface area (Å²) in [5.74, 6) is 1.48. The van der Waals surface area contributed by atoms with Crippen LogP contribution in [-0.4, -0.2) is 43.3 Å². The van der Waals surface area contributed by atoms with Crippen molar-refractivity contribution in [3.05, 3.63) is 37.0 Å². The summed E-state index contributed by atoms with van der Waals surface area (Å²) in [5.41, 5.74) is 3.40. The standard InChI is InChI=1S/C18H21N5O3S/c24-27(25)22-6-3-13-4-7-23(8-5-13)18-10-16(19-11-20-18)14-1-2-15-17(9-14)26-12-21-15/h1-2,9-13,22H,3-8H2,(H,24,25). The Kier molecular flexibility index (Phi) is 5.42. The Hall–Kier alpha value is -2.36. The van der Waals surface area contributed by atoms with Crippen molar-refractivity contribution in [2.75, 3.05) is 24.5 Å². The van der Waals surface area contributed by atoms with Crippen LogP contribution in [0.2, 0.25) is 0 Å². The SMILES string of the molecule is O=S(O)NCCC1CCN(c2cc(-c3ccc4ncoc4c3)ncn2)CC1. The summed E-state index contributed by atoms with van der Waals surface area (Å²) in [6.07, 6.45) is 6.04. The van der Waals surface area contributed by atoms with E-state index in [1.807, 2.05) is 24.3 Å². The monoisotopic (exact) mass is 387 g/mol. The molecular formula is C18H21N5O3S. The van der Waals surface area contributed by atoms with Gasteiger partial charge in [-0.05, 0) is 37.3 Å². The Balaban J connectivity index is 1.42. The summed E-state index contributed by atoms with van der Waals surface area (Å²) < 4.78 is 27.4. The zero-order valence-corrected chi connectivity index (χ0v) is 15.6. The average molecular weight is 387 g/mol. The van der Waals surface area contributed by atoms with Gasteiger partial charge in [-0.2, -0.15) is 0 Å². The minimum atomic E-state index is -1.92. The molecule has 4 rings (SSSR count). The number of nitrogens with zero attached hydrogens (tertiary/aromatic N) is 4. The molecular weight excluding hydrogens is 366 g/mol. The van der Waals surface area contributed by atoms with E-state index in [1.54, 1.807) is 6.33 Å². The third kappa shape index (κ3) is 4.32. The summed E-state index contributed by atoms with van der Waals surface area (Å²) >= 11 is -1.92. The van der Waals surface area contributed by atoms with Gasteiger partial charge in [0.2, 0.25) is 11.3 Å². The fourth-order valence-corrected chi connectivity index (χ4v) is 3.79. The van der Waals surface area contributed by atoms with Gasteiger partial charge < -0.3 is 9.32 Å². The van der Waals surface area contributed by atoms with Crippen LogP contribution in [0.5, 0.6) is 0 Å². The van der Waals surface area contributed by atoms with Crippen molar-refractivity contribution in [2.24, 2.45) is 5.92 Å². The zero-order valence-electron chi connectivity index (χ0n) is 14.7. The normalized spacial score (nSPS) is 16.7. The number of piperidine rings is 1. The fourth-order valence-electron chi connectivity index (χ4n) is 3.49. The molecule has 1 aliphatic rings. The molecule has 0 aliphatic carbocycles. The van der Waals surface area contributed by atoms with Crippen molar-refractivity contribution in [3.63, 3.8) is 0 Å². The van der Waals surface area contributed by atoms with Crippen LogP contribution in [0.3, 0.4) is 0 Å². The van der Waals surface area contributed by atoms with Gasteiger partial charge in [-0.1, -0.05) is 6.07 Å². The molecule has 0 radical (unpaired) electrons. The number of anilines is 1. The molecule has 3 heterocycles. The number of benzene rings is 1. The van der Waals surface area contributed by atoms with Crippen LogP contribution in [0.25, 0.3) is 22.4 Å². The van der Waals surface area contributed by atoms with E-state index in [9.17, 15) is 4.21 Å². The Morgan fingerprint density at radius 2 is 2.07 bits per heavy atom. The summed E-state index contributed by atoms with van der Waals surface area (Å²) in [6, 6.07) is 7.86. The third-order valence-electron chi connectivity index (χ3n) is 5.00. The van der Waals surface area contributed by atoms with Crippen molar-refractivity contribution in [1.29, 1.82) is 0 Å². The van der Waals surface area contributed by atoms with E-state index in [2.05, 4.69) is 24.6 Å². The number of fused-ring (bicyclic) bond motifs is 1. The summed E-state index contributed by atoms with van der Waals surface area (Å²) in [6.45, 7) is 2.41. The highest BCUT2D eigenvalue weighted by molar-refractivity contribution is 7.77. The van der Waals surface area contributed by atoms with Gasteiger partial charge in [-0.15, -0.1) is 0 Å². The highest BCUT2D eigenvalue weighted by Crippen LogP contribution is 2.27. The Morgan fingerprint density at radius 3 is 2.89 bits per heavy atom. The molecule has 0 amide bonds. The molecule has 8 nitrogen and oxygen atoms in total. The van der Waals surface area contributed by atoms with E-state index in [0.29, 0.717) is 12.5 Å². The lowest BCUT2D eigenvalue weighted by atomic mass is 9.93. The first-order chi connectivity index (χ1) is 13.2. The van der Waals surface area contributed by atoms with Crippen LogP contribution in [0.1, 0.15) is 19.3 Å². The highest BCUT2D eigenvalue weighted by atomic mass is 32.2. The maximum Gasteiger partial charge on any atom is 0.231 e. The summed E-state index contributed by atoms with van der Waals surface area (Å²) in [7, 11) is 0. The van der Waals surface area contributed by atoms with Crippen molar-refractivity contribution < 1.29 is 13.2 Å². The quantitative estimate of drug-likeness (QED) is 0.627. The number of rotatable bonds is 6. The molecule has 2 aromatic heterocycles. The number of nitrogens with one attached hydrogen (secondary N) is 1. The molecule has 3 aromatic rings. The second-order valence-corrected chi connectivity index (χ2v) is 7.45. The van der Waals surface area contributed by atoms with Gasteiger partial charge in [-0.3, -0.25) is 4.55 Å². The van der Waals surface area contributed by atoms with Gasteiger partial charge in [0, 0.05) is 31.3 Å². The third-order valence-corrected chi connectivity index (χ3v) is 5.45. The van der Waals surface area contributed by atoms with E-state index in [0.717, 1.165) is 60.5 Å². The maximum atomic E-state index is 10.7. The number of aromatic nitrogens is 3. The van der Waals surface area contributed by atoms with Crippen LogP contribution < -0.4 is 9.62 Å². The maximum absolute atomic E-state index is 10.7. The van der Waals surface area contributed by atoms with Crippen molar-refractivity contribution in [2.45, 2.75) is 19.3 Å². The first-order valence-electron chi connectivity index (χ1n) is 8.94. The van der Waals surface area contributed by atoms with Crippen molar-refractivity contribution in [3.8, 4) is 11.3 Å². The lowest BCUT2D eigenvalue weighted by Gasteiger charge is -2.32. The minimum Gasteiger partial charge on any atom is -0.443 e. The summed E-state index contributed by atoms with van der Waals surface area (Å²) in [4.78, 5) is 15.3. The van der Waals surface area contributed by atoms with Crippen molar-refractivity contribution in [1.82, 2.24) is 19.7 Å². The minimum absolute atomic E-state index is 0.562. The average Bonchev–Trinajstić information content (AvgIpc) is 3.16. The molecule has 9 heteroatoms. The van der Waals surface area contributed by atoms with E-state index < -0.39 is 11.3 Å². The molecule has 1 unspecified atom stereocenters. The van der Waals surface area contributed by atoms with Gasteiger partial charge in [-0.25, -0.2) is 23.9 Å². The Morgan fingerprint density at radius 1 is 1.22 bits per heavy atom. The number of hydrogen-bond acceptors (Lipinski definition) is 6. The van der Waals surface area contributed by atoms with Crippen LogP contribution in [0, 0.1) is 5.92 Å². The van der Waals surface area contributed by atoms with Crippen LogP contribution in [0.4, 0.5) is 5.82 Å². The van der Waals surface area contributed by atoms with E-state index in [1.165, 1.54) is 6.39 Å². The molecule has 142 valence electrons. The van der Waals surface area contributed by atoms with Gasteiger partial charge in [0.15, 0.2) is 12.0 Å². The molecule has 1 aliphatic heterocycles. The lowest BCUT2D eigenvalue weighted by molar-refractivity contribution is 0.380. The predicted molar refractivity (Wildman–Crippen MR) is 103 cm³/mol. The van der Waals surface area contributed by atoms with E-state index >= 15 is 0 Å². The molecule has 1 aromatic carbocycles. The van der Waals surface area contributed by atoms with Crippen LogP contribution >= 0.6 is 0 Å². The molecule has 1 fully saturated rings. The summed E-state index contributed by atoms with van der Waals surface area (Å²) in [5, 5.41) is 0.